The number of hydrogen-bond acceptors (Lipinski definition) is 5. The first kappa shape index (κ1) is 47.1. The van der Waals surface area contributed by atoms with Crippen LogP contribution in [0, 0.1) is 86.3 Å². The summed E-state index contributed by atoms with van der Waals surface area (Å²) in [5.41, 5.74) is 10.8. The van der Waals surface area contributed by atoms with E-state index in [0.29, 0.717) is 37.5 Å². The summed E-state index contributed by atoms with van der Waals surface area (Å²) in [6.45, 7) is 8.96. The number of aliphatic hydroxyl groups excluding tert-OH is 2. The molecular weight excluding hydrogens is 921 g/mol. The second-order valence-electron chi connectivity index (χ2n) is 26.9. The van der Waals surface area contributed by atoms with Crippen molar-refractivity contribution in [3.8, 4) is 11.8 Å². The minimum Gasteiger partial charge on any atom is -0.481 e. The number of nitrogens with one attached hydrogen (secondary N) is 2. The Balaban J connectivity index is 0.968. The standard InChI is InChI=1S/C69H78N2O4/c1-41-19-25-51(63(74)75)62-57(72)39-68-31-9-16-48(65(62,68)2)36-55-56(68)38-66-28-11-30-67-29-8-15-44-22-20-43-21-23-45(47-24-26-59(71-40-47)70-33-10-18-49(41)42-12-4-3-5-13-42)34-52(43)60(44)61-50-17-7-6-14-46(50)35-54(53(61)37-66)69(55,64(66)67)32-27-58(67)73/h6-7,11,14,17,20-24,26,28,34-35,37,42,44,48-49,51,54,57-58,60,62,64,70-73H,1,3-5,9-10,12-13,16,18-19,25,27,29-33,36,38-40H2,2H3,(H,74,75)/t44-,48-,49+,51+,54+,57+,58-,60-,62-,64?,65+,66+,67+,68-,69-/m0/s1. The van der Waals surface area contributed by atoms with Crippen LogP contribution >= 0.6 is 0 Å². The van der Waals surface area contributed by atoms with Gasteiger partial charge in [-0.1, -0.05) is 147 Å². The van der Waals surface area contributed by atoms with E-state index in [9.17, 15) is 20.1 Å². The highest BCUT2D eigenvalue weighted by atomic mass is 16.4. The molecule has 1 unspecified atom stereocenters. The van der Waals surface area contributed by atoms with Gasteiger partial charge in [0.15, 0.2) is 0 Å². The van der Waals surface area contributed by atoms with Gasteiger partial charge in [0.05, 0.1) is 23.9 Å². The molecule has 6 heterocycles. The fourth-order valence-electron chi connectivity index (χ4n) is 21.4. The summed E-state index contributed by atoms with van der Waals surface area (Å²) in [4.78, 5) is 14.2. The van der Waals surface area contributed by atoms with Crippen LogP contribution in [-0.2, 0) is 4.79 Å². The van der Waals surface area contributed by atoms with Crippen molar-refractivity contribution in [2.24, 2.45) is 74.4 Å². The largest absolute Gasteiger partial charge is 0.481 e. The molecule has 2 aromatic rings. The topological polar surface area (TPSA) is 102 Å². The molecule has 0 aromatic heterocycles. The second-order valence-corrected chi connectivity index (χ2v) is 26.9. The molecule has 0 saturated heterocycles. The number of aliphatic hydroxyl groups is 2. The zero-order valence-corrected chi connectivity index (χ0v) is 44.3. The molecule has 6 aliphatic heterocycles. The fraction of sp³-hybridized carbons (Fsp3) is 0.551. The zero-order valence-electron chi connectivity index (χ0n) is 44.3. The Morgan fingerprint density at radius 1 is 0.920 bits per heavy atom. The fourth-order valence-corrected chi connectivity index (χ4v) is 21.4. The summed E-state index contributed by atoms with van der Waals surface area (Å²) < 4.78 is 0. The number of allylic oxidation sites excluding steroid dienone is 10. The van der Waals surface area contributed by atoms with Crippen molar-refractivity contribution in [1.29, 1.82) is 0 Å². The van der Waals surface area contributed by atoms with Crippen LogP contribution in [0.3, 0.4) is 0 Å². The van der Waals surface area contributed by atoms with Crippen molar-refractivity contribution in [3.63, 3.8) is 0 Å². The minimum absolute atomic E-state index is 0.00657. The van der Waals surface area contributed by atoms with E-state index in [1.54, 1.807) is 11.1 Å². The number of aliphatic carboxylic acids is 1. The molecule has 75 heavy (non-hydrogen) atoms. The highest BCUT2D eigenvalue weighted by Crippen LogP contribution is 2.83. The molecule has 17 aliphatic rings. The lowest BCUT2D eigenvalue weighted by atomic mass is 9.29. The summed E-state index contributed by atoms with van der Waals surface area (Å²) in [6, 6.07) is 16.5. The van der Waals surface area contributed by atoms with Crippen molar-refractivity contribution in [1.82, 2.24) is 10.6 Å². The van der Waals surface area contributed by atoms with Crippen molar-refractivity contribution in [3.05, 3.63) is 141 Å². The molecule has 2 spiro atoms. The Bertz CT molecular complexity index is 3220. The first-order valence-electron chi connectivity index (χ1n) is 29.9. The first-order valence-corrected chi connectivity index (χ1v) is 29.9. The quantitative estimate of drug-likeness (QED) is 0.152. The van der Waals surface area contributed by atoms with Crippen LogP contribution in [-0.4, -0.2) is 46.6 Å². The number of carboxylic acids is 1. The van der Waals surface area contributed by atoms with Crippen LogP contribution in [0.25, 0.3) is 23.3 Å². The summed E-state index contributed by atoms with van der Waals surface area (Å²) in [7, 11) is 0. The molecule has 19 rings (SSSR count). The van der Waals surface area contributed by atoms with Gasteiger partial charge in [-0.25, -0.2) is 0 Å². The second kappa shape index (κ2) is 17.0. The van der Waals surface area contributed by atoms with E-state index in [4.69, 9.17) is 6.58 Å². The molecule has 6 nitrogen and oxygen atoms in total. The SMILES string of the molecule is C=C1CC[C@@H](C(=O)O)[C@H]2[C@H](O)C[C@@]34CCC[C@@H](CC5=C3C[C@@]36C=CC[C@]78CC#C[C@H]9C=Cc%10ccc(cc%10[C@H]9C9=c%10ccccc%10=C[C@H](C9=C3)[C@]5(CC[C@@H]7O)C68)C3=CC=C(NCCC[C@H]1C1CCCCC1)NC3)[C@]24C. The van der Waals surface area contributed by atoms with Crippen molar-refractivity contribution < 1.29 is 20.1 Å². The Labute approximate surface area is 445 Å². The number of carbonyl (C=O) groups is 1. The first-order chi connectivity index (χ1) is 36.5. The van der Waals surface area contributed by atoms with Gasteiger partial charge in [0.25, 0.3) is 0 Å². The average molecular weight is 999 g/mol. The van der Waals surface area contributed by atoms with Crippen LogP contribution in [0.15, 0.2) is 114 Å². The maximum absolute atomic E-state index is 14.2. The van der Waals surface area contributed by atoms with Crippen LogP contribution in [0.5, 0.6) is 0 Å². The van der Waals surface area contributed by atoms with E-state index < -0.39 is 29.5 Å². The van der Waals surface area contributed by atoms with Crippen LogP contribution in [0.1, 0.15) is 152 Å². The molecule has 15 atom stereocenters. The van der Waals surface area contributed by atoms with Gasteiger partial charge in [-0.3, -0.25) is 4.79 Å². The molecule has 6 heteroatoms. The van der Waals surface area contributed by atoms with Crippen LogP contribution < -0.4 is 21.1 Å². The van der Waals surface area contributed by atoms with Gasteiger partial charge < -0.3 is 26.0 Å². The number of rotatable bonds is 2. The lowest BCUT2D eigenvalue weighted by Crippen LogP contribution is -2.69. The summed E-state index contributed by atoms with van der Waals surface area (Å²) >= 11 is 0. The molecule has 5 N–H and O–H groups in total. The van der Waals surface area contributed by atoms with Crippen molar-refractivity contribution in [2.45, 2.75) is 147 Å². The highest BCUT2D eigenvalue weighted by molar-refractivity contribution is 5.84. The van der Waals surface area contributed by atoms with Gasteiger partial charge in [-0.05, 0) is 169 Å². The monoisotopic (exact) mass is 999 g/mol. The predicted octanol–water partition coefficient (Wildman–Crippen LogP) is 11.4. The van der Waals surface area contributed by atoms with Crippen LogP contribution in [0.4, 0.5) is 0 Å². The molecule has 18 bridgehead atoms. The number of dihydropyridines is 1. The maximum Gasteiger partial charge on any atom is 0.306 e. The van der Waals surface area contributed by atoms with E-state index in [0.717, 1.165) is 83.1 Å². The van der Waals surface area contributed by atoms with E-state index in [1.165, 1.54) is 81.5 Å². The van der Waals surface area contributed by atoms with Crippen molar-refractivity contribution in [2.75, 3.05) is 13.1 Å². The zero-order chi connectivity index (χ0) is 50.6. The number of carboxylic acid groups (broad SMARTS) is 1. The molecular formula is C69H78N2O4. The summed E-state index contributed by atoms with van der Waals surface area (Å²) in [6.07, 6.45) is 37.1. The average Bonchev–Trinajstić information content (AvgIpc) is 3.77. The van der Waals surface area contributed by atoms with Gasteiger partial charge in [0.2, 0.25) is 0 Å². The van der Waals surface area contributed by atoms with E-state index in [2.05, 4.69) is 120 Å². The maximum atomic E-state index is 14.2. The van der Waals surface area contributed by atoms with Gasteiger partial charge in [0.1, 0.15) is 0 Å². The molecule has 0 radical (unpaired) electrons. The Morgan fingerprint density at radius 3 is 2.65 bits per heavy atom. The molecule has 0 amide bonds. The van der Waals surface area contributed by atoms with Gasteiger partial charge in [-0.2, -0.15) is 0 Å². The smallest absolute Gasteiger partial charge is 0.306 e. The molecule has 11 aliphatic carbocycles. The molecule has 4 fully saturated rings. The van der Waals surface area contributed by atoms with E-state index >= 15 is 0 Å². The Kier molecular flexibility index (Phi) is 10.7. The molecule has 4 saturated carbocycles. The van der Waals surface area contributed by atoms with E-state index in [1.807, 2.05) is 0 Å². The number of benzene rings is 2. The Hall–Kier alpha value is -5.09. The van der Waals surface area contributed by atoms with Gasteiger partial charge in [0, 0.05) is 64.8 Å². The molecule has 388 valence electrons. The minimum atomic E-state index is -0.735. The van der Waals surface area contributed by atoms with Gasteiger partial charge in [-0.15, -0.1) is 5.92 Å². The Morgan fingerprint density at radius 2 is 1.80 bits per heavy atom. The third kappa shape index (κ3) is 6.38. The highest BCUT2D eigenvalue weighted by Gasteiger charge is 2.77. The predicted molar refractivity (Wildman–Crippen MR) is 298 cm³/mol. The summed E-state index contributed by atoms with van der Waals surface area (Å²) in [5, 5.41) is 47.8. The lowest BCUT2D eigenvalue weighted by molar-refractivity contribution is -0.174. The van der Waals surface area contributed by atoms with Gasteiger partial charge >= 0.3 is 5.97 Å². The number of fused-ring (bicyclic) bond motifs is 1. The normalized spacial score (nSPS) is 42.7. The lowest BCUT2D eigenvalue weighted by Gasteiger charge is -2.74. The third-order valence-corrected chi connectivity index (χ3v) is 24.2. The van der Waals surface area contributed by atoms with Crippen LogP contribution in [0.2, 0.25) is 0 Å². The summed E-state index contributed by atoms with van der Waals surface area (Å²) in [5.74, 6) is 8.76. The third-order valence-electron chi connectivity index (χ3n) is 24.2. The van der Waals surface area contributed by atoms with Crippen molar-refractivity contribution >= 4 is 29.3 Å². The molecule has 2 aromatic carbocycles. The number of hydrogen-bond donors (Lipinski definition) is 5. The van der Waals surface area contributed by atoms with E-state index in [-0.39, 0.29) is 57.2 Å².